The van der Waals surface area contributed by atoms with Gasteiger partial charge < -0.3 is 19.6 Å². The van der Waals surface area contributed by atoms with Crippen molar-refractivity contribution in [1.82, 2.24) is 4.90 Å². The van der Waals surface area contributed by atoms with Crippen LogP contribution in [0.25, 0.3) is 0 Å². The molecule has 3 rings (SSSR count). The van der Waals surface area contributed by atoms with Crippen LogP contribution < -0.4 is 10.1 Å². The molecule has 10 nitrogen and oxygen atoms in total. The SMILES string of the molecule is COC(C)(C)C.O=CC1CCCN1C(=O)Oc1ccc(Cl)cc1C(=O)Nc1ccc([N+](=O)[O-])cc1Cl. The molecule has 1 unspecified atom stereocenters. The smallest absolute Gasteiger partial charge is 0.409 e. The Bertz CT molecular complexity index is 1140. The fourth-order valence-electron chi connectivity index (χ4n) is 2.99. The molecule has 36 heavy (non-hydrogen) atoms. The molecule has 1 heterocycles. The fraction of sp³-hybridized carbons (Fsp3) is 0.375. The molecule has 1 fully saturated rings. The number of halogens is 2. The van der Waals surface area contributed by atoms with Gasteiger partial charge in [0.05, 0.1) is 32.8 Å². The van der Waals surface area contributed by atoms with Crippen LogP contribution in [-0.2, 0) is 9.53 Å². The summed E-state index contributed by atoms with van der Waals surface area (Å²) in [5, 5.41) is 13.5. The van der Waals surface area contributed by atoms with Gasteiger partial charge in [0.1, 0.15) is 12.0 Å². The van der Waals surface area contributed by atoms with Gasteiger partial charge >= 0.3 is 6.09 Å². The molecule has 0 saturated carbocycles. The lowest BCUT2D eigenvalue weighted by Gasteiger charge is -2.20. The second kappa shape index (κ2) is 12.7. The van der Waals surface area contributed by atoms with Crippen molar-refractivity contribution in [2.24, 2.45) is 0 Å². The number of nitrogens with zero attached hydrogens (tertiary/aromatic N) is 2. The number of nitro groups is 1. The Hall–Kier alpha value is -3.21. The maximum absolute atomic E-state index is 12.8. The minimum absolute atomic E-state index is 0.0379. The second-order valence-electron chi connectivity index (χ2n) is 8.74. The quantitative estimate of drug-likeness (QED) is 0.291. The lowest BCUT2D eigenvalue weighted by Crippen LogP contribution is -2.38. The van der Waals surface area contributed by atoms with Gasteiger partial charge in [-0.3, -0.25) is 19.8 Å². The number of anilines is 1. The highest BCUT2D eigenvalue weighted by Crippen LogP contribution is 2.30. The molecule has 0 aromatic heterocycles. The fourth-order valence-corrected chi connectivity index (χ4v) is 3.38. The molecule has 2 amide bonds. The van der Waals surface area contributed by atoms with Gasteiger partial charge in [0.2, 0.25) is 0 Å². The Morgan fingerprint density at radius 3 is 2.42 bits per heavy atom. The van der Waals surface area contributed by atoms with E-state index in [0.29, 0.717) is 25.7 Å². The Kier molecular flexibility index (Phi) is 10.2. The summed E-state index contributed by atoms with van der Waals surface area (Å²) in [7, 11) is 1.71. The van der Waals surface area contributed by atoms with Crippen LogP contribution in [0.3, 0.4) is 0 Å². The second-order valence-corrected chi connectivity index (χ2v) is 9.58. The number of hydrogen-bond acceptors (Lipinski definition) is 7. The van der Waals surface area contributed by atoms with Crippen molar-refractivity contribution in [3.05, 3.63) is 62.1 Å². The zero-order valence-electron chi connectivity index (χ0n) is 20.2. The van der Waals surface area contributed by atoms with Crippen molar-refractivity contribution in [3.63, 3.8) is 0 Å². The molecule has 194 valence electrons. The summed E-state index contributed by atoms with van der Waals surface area (Å²) >= 11 is 12.0. The van der Waals surface area contributed by atoms with Crippen LogP contribution in [0.5, 0.6) is 5.75 Å². The van der Waals surface area contributed by atoms with Crippen LogP contribution in [0.1, 0.15) is 44.0 Å². The number of hydrogen-bond donors (Lipinski definition) is 1. The maximum atomic E-state index is 12.8. The van der Waals surface area contributed by atoms with Gasteiger partial charge in [0, 0.05) is 30.8 Å². The topological polar surface area (TPSA) is 128 Å². The van der Waals surface area contributed by atoms with Crippen LogP contribution in [0.4, 0.5) is 16.2 Å². The van der Waals surface area contributed by atoms with Crippen molar-refractivity contribution >= 4 is 52.9 Å². The molecule has 0 radical (unpaired) electrons. The molecule has 2 aromatic carbocycles. The lowest BCUT2D eigenvalue weighted by molar-refractivity contribution is -0.384. The van der Waals surface area contributed by atoms with Crippen LogP contribution in [0.2, 0.25) is 10.0 Å². The first kappa shape index (κ1) is 29.0. The number of nitrogens with one attached hydrogen (secondary N) is 1. The molecule has 1 aliphatic heterocycles. The number of methoxy groups -OCH3 is 1. The maximum Gasteiger partial charge on any atom is 0.415 e. The summed E-state index contributed by atoms with van der Waals surface area (Å²) < 4.78 is 10.3. The van der Waals surface area contributed by atoms with Gasteiger partial charge in [0.25, 0.3) is 11.6 Å². The van der Waals surface area contributed by atoms with Gasteiger partial charge in [-0.15, -0.1) is 0 Å². The number of ether oxygens (including phenoxy) is 2. The average molecular weight is 540 g/mol. The number of nitro benzene ring substituents is 1. The van der Waals surface area contributed by atoms with E-state index in [0.717, 1.165) is 6.07 Å². The van der Waals surface area contributed by atoms with Gasteiger partial charge in [-0.25, -0.2) is 4.79 Å². The number of amides is 2. The van der Waals surface area contributed by atoms with Crippen LogP contribution >= 0.6 is 23.2 Å². The number of rotatable bonds is 5. The van der Waals surface area contributed by atoms with E-state index in [2.05, 4.69) is 5.32 Å². The highest BCUT2D eigenvalue weighted by molar-refractivity contribution is 6.34. The molecule has 12 heteroatoms. The van der Waals surface area contributed by atoms with Crippen LogP contribution in [0.15, 0.2) is 36.4 Å². The number of carbonyl (C=O) groups excluding carboxylic acids is 3. The van der Waals surface area contributed by atoms with Gasteiger partial charge in [-0.05, 0) is 57.9 Å². The predicted octanol–water partition coefficient (Wildman–Crippen LogP) is 5.75. The molecule has 0 bridgehead atoms. The Morgan fingerprint density at radius 2 is 1.86 bits per heavy atom. The number of non-ortho nitro benzene ring substituents is 1. The zero-order chi connectivity index (χ0) is 27.0. The molecule has 1 N–H and O–H groups in total. The first-order valence-electron chi connectivity index (χ1n) is 10.9. The summed E-state index contributed by atoms with van der Waals surface area (Å²) in [6.45, 7) is 6.43. The number of carbonyl (C=O) groups is 3. The van der Waals surface area contributed by atoms with E-state index in [1.165, 1.54) is 35.2 Å². The van der Waals surface area contributed by atoms with Crippen molar-refractivity contribution in [2.75, 3.05) is 19.0 Å². The highest BCUT2D eigenvalue weighted by Gasteiger charge is 2.30. The van der Waals surface area contributed by atoms with E-state index >= 15 is 0 Å². The minimum Gasteiger partial charge on any atom is -0.409 e. The number of likely N-dealkylation sites (tertiary alicyclic amines) is 1. The Balaban J connectivity index is 0.000000678. The summed E-state index contributed by atoms with van der Waals surface area (Å²) in [6.07, 6.45) is 1.14. The normalized spacial score (nSPS) is 14.9. The van der Waals surface area contributed by atoms with Gasteiger partial charge in [-0.1, -0.05) is 23.2 Å². The first-order chi connectivity index (χ1) is 16.9. The monoisotopic (exact) mass is 539 g/mol. The summed E-state index contributed by atoms with van der Waals surface area (Å²) in [5.74, 6) is -0.749. The van der Waals surface area contributed by atoms with Gasteiger partial charge in [0.15, 0.2) is 0 Å². The van der Waals surface area contributed by atoms with E-state index in [1.807, 2.05) is 20.8 Å². The lowest BCUT2D eigenvalue weighted by atomic mass is 10.1. The molecular formula is C24H27Cl2N3O7. The Morgan fingerprint density at radius 1 is 1.19 bits per heavy atom. The zero-order valence-corrected chi connectivity index (χ0v) is 21.8. The summed E-state index contributed by atoms with van der Waals surface area (Å²) in [6, 6.07) is 7.12. The molecule has 1 atom stereocenters. The summed E-state index contributed by atoms with van der Waals surface area (Å²) in [4.78, 5) is 47.8. The van der Waals surface area contributed by atoms with Crippen molar-refractivity contribution in [3.8, 4) is 5.75 Å². The standard InChI is InChI=1S/C19H15Cl2N3O6.C5H12O/c20-11-3-6-17(30-19(27)23-7-1-2-13(23)10-25)14(8-11)18(26)22-16-5-4-12(24(28)29)9-15(16)21;1-5(2,3)6-4/h3-6,8-10,13H,1-2,7H2,(H,22,26);1-4H3. The third-order valence-electron chi connectivity index (χ3n) is 5.10. The van der Waals surface area contributed by atoms with E-state index in [4.69, 9.17) is 32.7 Å². The molecule has 0 aliphatic carbocycles. The van der Waals surface area contributed by atoms with Crippen LogP contribution in [0, 0.1) is 10.1 Å². The largest absolute Gasteiger partial charge is 0.415 e. The van der Waals surface area contributed by atoms with E-state index in [1.54, 1.807) is 7.11 Å². The third-order valence-corrected chi connectivity index (χ3v) is 5.65. The molecule has 1 aliphatic rings. The van der Waals surface area contributed by atoms with Crippen molar-refractivity contribution in [2.45, 2.75) is 45.3 Å². The van der Waals surface area contributed by atoms with E-state index in [9.17, 15) is 24.5 Å². The highest BCUT2D eigenvalue weighted by atomic mass is 35.5. The van der Waals surface area contributed by atoms with E-state index in [-0.39, 0.29) is 38.3 Å². The van der Waals surface area contributed by atoms with Crippen molar-refractivity contribution in [1.29, 1.82) is 0 Å². The minimum atomic E-state index is -0.755. The summed E-state index contributed by atoms with van der Waals surface area (Å²) in [5.41, 5.74) is -0.108. The molecular weight excluding hydrogens is 513 g/mol. The predicted molar refractivity (Wildman–Crippen MR) is 136 cm³/mol. The van der Waals surface area contributed by atoms with Gasteiger partial charge in [-0.2, -0.15) is 0 Å². The molecule has 0 spiro atoms. The first-order valence-corrected chi connectivity index (χ1v) is 11.7. The number of benzene rings is 2. The third kappa shape index (κ3) is 8.18. The van der Waals surface area contributed by atoms with Crippen LogP contribution in [-0.4, -0.2) is 53.4 Å². The molecule has 2 aromatic rings. The Labute approximate surface area is 218 Å². The average Bonchev–Trinajstić information content (AvgIpc) is 3.30. The van der Waals surface area contributed by atoms with E-state index < -0.39 is 23.0 Å². The number of aldehydes is 1. The molecule has 1 saturated heterocycles. The van der Waals surface area contributed by atoms with Crippen molar-refractivity contribution < 1.29 is 28.8 Å².